The number of nitrogens with zero attached hydrogens (tertiary/aromatic N) is 3. The van der Waals surface area contributed by atoms with Crippen molar-refractivity contribution in [3.05, 3.63) is 29.3 Å². The molecule has 0 bridgehead atoms. The summed E-state index contributed by atoms with van der Waals surface area (Å²) in [6, 6.07) is 4.63. The first kappa shape index (κ1) is 21.8. The fraction of sp³-hybridized carbons (Fsp3) is 0.556. The number of piperazine rings is 1. The Labute approximate surface area is 161 Å². The molecule has 0 aliphatic carbocycles. The molecule has 1 aliphatic rings. The van der Waals surface area contributed by atoms with Gasteiger partial charge in [0, 0.05) is 46.1 Å². The Morgan fingerprint density at radius 1 is 1.32 bits per heavy atom. The highest BCUT2D eigenvalue weighted by molar-refractivity contribution is 5.75. The molecule has 1 aliphatic heterocycles. The zero-order valence-corrected chi connectivity index (χ0v) is 15.8. The summed E-state index contributed by atoms with van der Waals surface area (Å²) in [4.78, 5) is 15.7. The number of nitriles is 1. The summed E-state index contributed by atoms with van der Waals surface area (Å²) in [5.41, 5.74) is -1.02. The van der Waals surface area contributed by atoms with Crippen LogP contribution in [0.5, 0.6) is 0 Å². The maximum atomic E-state index is 13.2. The molecule has 2 rings (SSSR count). The molecule has 0 aromatic heterocycles. The van der Waals surface area contributed by atoms with Gasteiger partial charge in [0.05, 0.1) is 36.5 Å². The first-order chi connectivity index (χ1) is 13.3. The van der Waals surface area contributed by atoms with E-state index in [4.69, 9.17) is 14.7 Å². The highest BCUT2D eigenvalue weighted by Crippen LogP contribution is 2.34. The van der Waals surface area contributed by atoms with Crippen molar-refractivity contribution >= 4 is 11.7 Å². The number of hydrogen-bond donors (Lipinski definition) is 1. The fourth-order valence-electron chi connectivity index (χ4n) is 3.11. The van der Waals surface area contributed by atoms with Crippen molar-refractivity contribution in [1.29, 1.82) is 5.26 Å². The number of carbonyl (C=O) groups excluding carboxylic acids is 1. The second-order valence-electron chi connectivity index (χ2n) is 6.31. The van der Waals surface area contributed by atoms with Crippen molar-refractivity contribution in [2.45, 2.75) is 12.2 Å². The number of nitrogens with one attached hydrogen (secondary N) is 1. The van der Waals surface area contributed by atoms with Gasteiger partial charge in [0.2, 0.25) is 0 Å². The van der Waals surface area contributed by atoms with E-state index in [1.54, 1.807) is 15.9 Å². The Bertz CT molecular complexity index is 721. The van der Waals surface area contributed by atoms with Crippen molar-refractivity contribution in [3.63, 3.8) is 0 Å². The predicted octanol–water partition coefficient (Wildman–Crippen LogP) is 2.07. The van der Waals surface area contributed by atoms with Gasteiger partial charge in [-0.1, -0.05) is 0 Å². The number of halogens is 3. The van der Waals surface area contributed by atoms with Crippen molar-refractivity contribution in [2.75, 3.05) is 58.5 Å². The van der Waals surface area contributed by atoms with Crippen molar-refractivity contribution < 1.29 is 27.4 Å². The molecule has 2 amide bonds. The van der Waals surface area contributed by atoms with Crippen LogP contribution in [0.15, 0.2) is 18.2 Å². The van der Waals surface area contributed by atoms with Crippen LogP contribution in [0.4, 0.5) is 23.7 Å². The second kappa shape index (κ2) is 9.61. The first-order valence-electron chi connectivity index (χ1n) is 8.70. The summed E-state index contributed by atoms with van der Waals surface area (Å²) in [5.74, 6) is 0. The average Bonchev–Trinajstić information content (AvgIpc) is 2.67. The smallest absolute Gasteiger partial charge is 0.383 e. The van der Waals surface area contributed by atoms with E-state index in [0.717, 1.165) is 6.07 Å². The summed E-state index contributed by atoms with van der Waals surface area (Å²) < 4.78 is 49.8. The highest BCUT2D eigenvalue weighted by atomic mass is 19.4. The van der Waals surface area contributed by atoms with Crippen LogP contribution in [0.3, 0.4) is 0 Å². The van der Waals surface area contributed by atoms with Gasteiger partial charge in [0.25, 0.3) is 0 Å². The summed E-state index contributed by atoms with van der Waals surface area (Å²) in [6.45, 7) is 1.99. The minimum absolute atomic E-state index is 0.247. The van der Waals surface area contributed by atoms with E-state index < -0.39 is 17.3 Å². The number of benzene rings is 1. The third-order valence-electron chi connectivity index (χ3n) is 4.48. The average molecular weight is 400 g/mol. The van der Waals surface area contributed by atoms with Crippen molar-refractivity contribution in [1.82, 2.24) is 10.2 Å². The van der Waals surface area contributed by atoms with E-state index in [-0.39, 0.29) is 18.7 Å². The molecular formula is C18H23F3N4O3. The topological polar surface area (TPSA) is 77.8 Å². The zero-order valence-electron chi connectivity index (χ0n) is 15.8. The molecule has 1 N–H and O–H groups in total. The third-order valence-corrected chi connectivity index (χ3v) is 4.48. The molecule has 1 fully saturated rings. The lowest BCUT2D eigenvalue weighted by atomic mass is 10.1. The van der Waals surface area contributed by atoms with Crippen LogP contribution in [-0.2, 0) is 15.7 Å². The Morgan fingerprint density at radius 3 is 2.68 bits per heavy atom. The van der Waals surface area contributed by atoms with Gasteiger partial charge in [-0.2, -0.15) is 18.4 Å². The second-order valence-corrected chi connectivity index (χ2v) is 6.31. The largest absolute Gasteiger partial charge is 0.417 e. The molecule has 1 heterocycles. The molecule has 28 heavy (non-hydrogen) atoms. The van der Waals surface area contributed by atoms with Crippen LogP contribution in [-0.4, -0.2) is 70.6 Å². The van der Waals surface area contributed by atoms with Crippen LogP contribution >= 0.6 is 0 Å². The van der Waals surface area contributed by atoms with Gasteiger partial charge in [0.15, 0.2) is 0 Å². The maximum absolute atomic E-state index is 13.2. The minimum Gasteiger partial charge on any atom is -0.383 e. The van der Waals surface area contributed by atoms with E-state index in [1.807, 2.05) is 0 Å². The van der Waals surface area contributed by atoms with E-state index in [0.29, 0.717) is 38.5 Å². The number of urea groups is 1. The van der Waals surface area contributed by atoms with Gasteiger partial charge in [-0.3, -0.25) is 0 Å². The summed E-state index contributed by atoms with van der Waals surface area (Å²) >= 11 is 0. The van der Waals surface area contributed by atoms with E-state index in [1.165, 1.54) is 26.4 Å². The van der Waals surface area contributed by atoms with Crippen LogP contribution in [0.25, 0.3) is 0 Å². The quantitative estimate of drug-likeness (QED) is 0.740. The van der Waals surface area contributed by atoms with Crippen LogP contribution in [0.2, 0.25) is 0 Å². The molecule has 0 spiro atoms. The fourth-order valence-corrected chi connectivity index (χ4v) is 3.11. The first-order valence-corrected chi connectivity index (χ1v) is 8.70. The normalized spacial score (nSPS) is 17.4. The number of alkyl halides is 3. The highest BCUT2D eigenvalue weighted by Gasteiger charge is 2.35. The van der Waals surface area contributed by atoms with Gasteiger partial charge in [-0.15, -0.1) is 0 Å². The monoisotopic (exact) mass is 400 g/mol. The summed E-state index contributed by atoms with van der Waals surface area (Å²) in [6.07, 6.45) is -4.62. The molecule has 1 saturated heterocycles. The zero-order chi connectivity index (χ0) is 20.7. The van der Waals surface area contributed by atoms with E-state index >= 15 is 0 Å². The van der Waals surface area contributed by atoms with E-state index in [2.05, 4.69) is 5.32 Å². The lowest BCUT2D eigenvalue weighted by Crippen LogP contribution is -2.59. The van der Waals surface area contributed by atoms with Gasteiger partial charge >= 0.3 is 12.2 Å². The minimum atomic E-state index is -4.62. The number of amides is 2. The lowest BCUT2D eigenvalue weighted by Gasteiger charge is -2.42. The molecule has 1 atom stereocenters. The number of ether oxygens (including phenoxy) is 2. The molecule has 7 nitrogen and oxygen atoms in total. The summed E-state index contributed by atoms with van der Waals surface area (Å²) in [5, 5.41) is 11.7. The Balaban J connectivity index is 2.17. The maximum Gasteiger partial charge on any atom is 0.417 e. The molecule has 1 unspecified atom stereocenters. The van der Waals surface area contributed by atoms with Crippen molar-refractivity contribution in [2.24, 2.45) is 0 Å². The van der Waals surface area contributed by atoms with Crippen LogP contribution in [0, 0.1) is 11.3 Å². The molecule has 0 radical (unpaired) electrons. The lowest BCUT2D eigenvalue weighted by molar-refractivity contribution is -0.137. The number of carbonyl (C=O) groups is 1. The number of rotatable bonds is 6. The van der Waals surface area contributed by atoms with Crippen LogP contribution < -0.4 is 10.2 Å². The number of methoxy groups -OCH3 is 2. The molecular weight excluding hydrogens is 377 g/mol. The van der Waals surface area contributed by atoms with E-state index in [9.17, 15) is 18.0 Å². The van der Waals surface area contributed by atoms with Crippen LogP contribution in [0.1, 0.15) is 11.1 Å². The molecule has 154 valence electrons. The Hall–Kier alpha value is -2.51. The molecule has 0 saturated carbocycles. The van der Waals surface area contributed by atoms with Gasteiger partial charge < -0.3 is 24.6 Å². The third kappa shape index (κ3) is 5.27. The Kier molecular flexibility index (Phi) is 7.48. The molecule has 1 aromatic rings. The Morgan fingerprint density at radius 2 is 2.07 bits per heavy atom. The predicted molar refractivity (Wildman–Crippen MR) is 96.0 cm³/mol. The SMILES string of the molecule is COCCNC(=O)N1CCN(c2ccc(C#N)c(C(F)(F)F)c2)CC1COC. The van der Waals surface area contributed by atoms with Gasteiger partial charge in [0.1, 0.15) is 0 Å². The number of hydrogen-bond acceptors (Lipinski definition) is 5. The van der Waals surface area contributed by atoms with Gasteiger partial charge in [-0.25, -0.2) is 4.79 Å². The molecule has 10 heteroatoms. The molecule has 1 aromatic carbocycles. The summed E-state index contributed by atoms with van der Waals surface area (Å²) in [7, 11) is 3.04. The van der Waals surface area contributed by atoms with Crippen molar-refractivity contribution in [3.8, 4) is 6.07 Å². The standard InChI is InChI=1S/C18H23F3N4O3/c1-27-8-5-23-17(26)25-7-6-24(11-15(25)12-28-2)14-4-3-13(10-22)16(9-14)18(19,20)21/h3-4,9,15H,5-8,11-12H2,1-2H3,(H,23,26). The number of anilines is 1. The van der Waals surface area contributed by atoms with Gasteiger partial charge in [-0.05, 0) is 18.2 Å².